The molecule has 20 heavy (non-hydrogen) atoms. The maximum absolute atomic E-state index is 12.4. The number of carbonyl (C=O) groups excluding carboxylic acids is 2. The topological polar surface area (TPSA) is 58.2 Å². The van der Waals surface area contributed by atoms with Crippen molar-refractivity contribution in [2.24, 2.45) is 5.41 Å². The lowest BCUT2D eigenvalue weighted by atomic mass is 10.0. The van der Waals surface area contributed by atoms with Crippen molar-refractivity contribution in [3.8, 4) is 0 Å². The fourth-order valence-corrected chi connectivity index (χ4v) is 2.28. The molecule has 0 aromatic heterocycles. The van der Waals surface area contributed by atoms with Crippen LogP contribution >= 0.6 is 0 Å². The minimum Gasteiger partial charge on any atom is -0.353 e. The number of anilines is 1. The molecule has 0 atom stereocenters. The molecule has 0 unspecified atom stereocenters. The van der Waals surface area contributed by atoms with Crippen LogP contribution in [0.5, 0.6) is 0 Å². The van der Waals surface area contributed by atoms with Crippen molar-refractivity contribution in [3.05, 3.63) is 29.8 Å². The molecule has 1 aliphatic carbocycles. The quantitative estimate of drug-likeness (QED) is 0.810. The summed E-state index contributed by atoms with van der Waals surface area (Å²) in [5.74, 6) is -0.337. The number of amides is 2. The van der Waals surface area contributed by atoms with Crippen molar-refractivity contribution in [3.63, 3.8) is 0 Å². The van der Waals surface area contributed by atoms with Gasteiger partial charge in [-0.1, -0.05) is 25.1 Å². The van der Waals surface area contributed by atoms with Gasteiger partial charge in [-0.3, -0.25) is 9.59 Å². The average molecular weight is 274 g/mol. The van der Waals surface area contributed by atoms with Gasteiger partial charge in [0.05, 0.1) is 0 Å². The highest BCUT2D eigenvalue weighted by Crippen LogP contribution is 2.47. The molecule has 0 saturated heterocycles. The molecule has 0 spiro atoms. The van der Waals surface area contributed by atoms with Crippen LogP contribution in [0.2, 0.25) is 0 Å². The van der Waals surface area contributed by atoms with Gasteiger partial charge in [-0.05, 0) is 44.7 Å². The molecule has 1 aliphatic rings. The second kappa shape index (κ2) is 5.65. The highest BCUT2D eigenvalue weighted by molar-refractivity contribution is 6.13. The van der Waals surface area contributed by atoms with Crippen LogP contribution in [0.15, 0.2) is 24.3 Å². The van der Waals surface area contributed by atoms with Gasteiger partial charge in [0.15, 0.2) is 0 Å². The van der Waals surface area contributed by atoms with Gasteiger partial charge in [-0.15, -0.1) is 0 Å². The monoisotopic (exact) mass is 274 g/mol. The summed E-state index contributed by atoms with van der Waals surface area (Å²) in [5.41, 5.74) is 1.04. The van der Waals surface area contributed by atoms with Crippen LogP contribution in [-0.2, 0) is 16.0 Å². The van der Waals surface area contributed by atoms with Crippen molar-refractivity contribution in [1.82, 2.24) is 5.32 Å². The van der Waals surface area contributed by atoms with E-state index < -0.39 is 5.41 Å². The van der Waals surface area contributed by atoms with Crippen molar-refractivity contribution in [2.75, 3.05) is 5.32 Å². The van der Waals surface area contributed by atoms with Gasteiger partial charge < -0.3 is 10.6 Å². The molecule has 1 saturated carbocycles. The zero-order valence-electron chi connectivity index (χ0n) is 12.3. The van der Waals surface area contributed by atoms with E-state index in [0.717, 1.165) is 17.7 Å². The smallest absolute Gasteiger partial charge is 0.240 e. The molecule has 2 amide bonds. The molecule has 1 aromatic carbocycles. The first-order valence-electron chi connectivity index (χ1n) is 7.20. The lowest BCUT2D eigenvalue weighted by Crippen LogP contribution is -2.42. The van der Waals surface area contributed by atoms with E-state index in [1.807, 2.05) is 45.0 Å². The van der Waals surface area contributed by atoms with Crippen LogP contribution in [0.25, 0.3) is 0 Å². The fraction of sp³-hybridized carbons (Fsp3) is 0.500. The Morgan fingerprint density at radius 1 is 1.20 bits per heavy atom. The van der Waals surface area contributed by atoms with Gasteiger partial charge in [-0.25, -0.2) is 0 Å². The molecule has 0 heterocycles. The summed E-state index contributed by atoms with van der Waals surface area (Å²) in [7, 11) is 0. The molecule has 4 nitrogen and oxygen atoms in total. The summed E-state index contributed by atoms with van der Waals surface area (Å²) in [4.78, 5) is 24.6. The van der Waals surface area contributed by atoms with E-state index in [2.05, 4.69) is 10.6 Å². The third-order valence-corrected chi connectivity index (χ3v) is 3.69. The Morgan fingerprint density at radius 2 is 1.85 bits per heavy atom. The Bertz CT molecular complexity index is 519. The molecular weight excluding hydrogens is 252 g/mol. The van der Waals surface area contributed by atoms with Gasteiger partial charge in [0.2, 0.25) is 11.8 Å². The zero-order valence-corrected chi connectivity index (χ0v) is 12.3. The number of rotatable bonds is 5. The Balaban J connectivity index is 2.10. The van der Waals surface area contributed by atoms with E-state index in [9.17, 15) is 9.59 Å². The summed E-state index contributed by atoms with van der Waals surface area (Å²) in [6.07, 6.45) is 2.11. The molecule has 1 aromatic rings. The molecule has 4 heteroatoms. The third-order valence-electron chi connectivity index (χ3n) is 3.69. The lowest BCUT2D eigenvalue weighted by Gasteiger charge is -2.18. The first-order chi connectivity index (χ1) is 9.49. The SMILES string of the molecule is CCc1ccccc1NC(=O)C1(C(=O)NC(C)C)CC1. The number of carbonyl (C=O) groups is 2. The normalized spacial score (nSPS) is 15.8. The number of aryl methyl sites for hydroxylation is 1. The van der Waals surface area contributed by atoms with Crippen LogP contribution in [-0.4, -0.2) is 17.9 Å². The number of nitrogens with one attached hydrogen (secondary N) is 2. The van der Waals surface area contributed by atoms with Crippen molar-refractivity contribution in [1.29, 1.82) is 0 Å². The number of benzene rings is 1. The van der Waals surface area contributed by atoms with Crippen LogP contribution in [0.3, 0.4) is 0 Å². The summed E-state index contributed by atoms with van der Waals surface area (Å²) in [5, 5.41) is 5.76. The molecule has 1 fully saturated rings. The lowest BCUT2D eigenvalue weighted by molar-refractivity contribution is -0.134. The standard InChI is InChI=1S/C16H22N2O2/c1-4-12-7-5-6-8-13(12)18-15(20)16(9-10-16)14(19)17-11(2)3/h5-8,11H,4,9-10H2,1-3H3,(H,17,19)(H,18,20). The summed E-state index contributed by atoms with van der Waals surface area (Å²) in [6, 6.07) is 7.77. The van der Waals surface area contributed by atoms with Crippen molar-refractivity contribution < 1.29 is 9.59 Å². The third kappa shape index (κ3) is 2.84. The van der Waals surface area contributed by atoms with E-state index in [1.54, 1.807) is 0 Å². The van der Waals surface area contributed by atoms with Crippen molar-refractivity contribution >= 4 is 17.5 Å². The van der Waals surface area contributed by atoms with Gasteiger partial charge >= 0.3 is 0 Å². The largest absolute Gasteiger partial charge is 0.353 e. The highest BCUT2D eigenvalue weighted by atomic mass is 16.2. The van der Waals surface area contributed by atoms with Gasteiger partial charge in [0.1, 0.15) is 5.41 Å². The molecule has 0 radical (unpaired) electrons. The van der Waals surface area contributed by atoms with Gasteiger partial charge in [0, 0.05) is 11.7 Å². The first kappa shape index (κ1) is 14.6. The molecule has 0 bridgehead atoms. The Hall–Kier alpha value is -1.84. The first-order valence-corrected chi connectivity index (χ1v) is 7.20. The summed E-state index contributed by atoms with van der Waals surface area (Å²) in [6.45, 7) is 5.85. The van der Waals surface area contributed by atoms with E-state index in [-0.39, 0.29) is 17.9 Å². The van der Waals surface area contributed by atoms with Crippen LogP contribution in [0, 0.1) is 5.41 Å². The van der Waals surface area contributed by atoms with Crippen LogP contribution < -0.4 is 10.6 Å². The van der Waals surface area contributed by atoms with Crippen LogP contribution in [0.4, 0.5) is 5.69 Å². The van der Waals surface area contributed by atoms with E-state index in [4.69, 9.17) is 0 Å². The second-order valence-corrected chi connectivity index (χ2v) is 5.68. The molecule has 2 N–H and O–H groups in total. The predicted octanol–water partition coefficient (Wildman–Crippen LogP) is 2.49. The van der Waals surface area contributed by atoms with E-state index in [1.165, 1.54) is 0 Å². The second-order valence-electron chi connectivity index (χ2n) is 5.68. The van der Waals surface area contributed by atoms with Gasteiger partial charge in [-0.2, -0.15) is 0 Å². The maximum Gasteiger partial charge on any atom is 0.240 e. The average Bonchev–Trinajstić information content (AvgIpc) is 3.20. The van der Waals surface area contributed by atoms with E-state index >= 15 is 0 Å². The summed E-state index contributed by atoms with van der Waals surface area (Å²) >= 11 is 0. The highest BCUT2D eigenvalue weighted by Gasteiger charge is 2.56. The van der Waals surface area contributed by atoms with E-state index in [0.29, 0.717) is 12.8 Å². The Labute approximate surface area is 119 Å². The molecule has 0 aliphatic heterocycles. The number of para-hydroxylation sites is 1. The number of hydrogen-bond donors (Lipinski definition) is 2. The maximum atomic E-state index is 12.4. The Morgan fingerprint density at radius 3 is 2.40 bits per heavy atom. The zero-order chi connectivity index (χ0) is 14.8. The summed E-state index contributed by atoms with van der Waals surface area (Å²) < 4.78 is 0. The molecule has 2 rings (SSSR count). The Kier molecular flexibility index (Phi) is 4.12. The predicted molar refractivity (Wildman–Crippen MR) is 79.4 cm³/mol. The van der Waals surface area contributed by atoms with Crippen LogP contribution in [0.1, 0.15) is 39.2 Å². The number of hydrogen-bond acceptors (Lipinski definition) is 2. The minimum atomic E-state index is -0.856. The fourth-order valence-electron chi connectivity index (χ4n) is 2.28. The molecular formula is C16H22N2O2. The van der Waals surface area contributed by atoms with Gasteiger partial charge in [0.25, 0.3) is 0 Å². The minimum absolute atomic E-state index is 0.0516. The molecule has 108 valence electrons. The van der Waals surface area contributed by atoms with Crippen molar-refractivity contribution in [2.45, 2.75) is 46.1 Å².